The highest BCUT2D eigenvalue weighted by Crippen LogP contribution is 2.42. The molecule has 5 nitrogen and oxygen atoms in total. The highest BCUT2D eigenvalue weighted by Gasteiger charge is 2.63. The van der Waals surface area contributed by atoms with Crippen LogP contribution in [0.5, 0.6) is 5.75 Å². The number of rotatable bonds is 4. The zero-order valence-electron chi connectivity index (χ0n) is 13.4. The Morgan fingerprint density at radius 3 is 2.67 bits per heavy atom. The number of carbonyl (C=O) groups excluding carboxylic acids is 1. The number of hydrazone groups is 1. The van der Waals surface area contributed by atoms with Gasteiger partial charge in [0, 0.05) is 12.1 Å². The van der Waals surface area contributed by atoms with Gasteiger partial charge in [-0.2, -0.15) is 23.3 Å². The standard InChI is InChI=1S/C16H19F3N2O3/c1-3-4-7-11-9-15(24,16(17,18)19)21(20-11)14(23)12-8-5-6-10(2)13(12)22/h5-6,8,22,24H,3-4,7,9H2,1-2H3/t15-/m1/s1. The summed E-state index contributed by atoms with van der Waals surface area (Å²) in [5.41, 5.74) is -3.29. The van der Waals surface area contributed by atoms with Crippen LogP contribution in [0.4, 0.5) is 13.2 Å². The molecule has 1 aromatic rings. The average Bonchev–Trinajstić information content (AvgIpc) is 2.85. The van der Waals surface area contributed by atoms with Gasteiger partial charge in [0.15, 0.2) is 0 Å². The summed E-state index contributed by atoms with van der Waals surface area (Å²) in [7, 11) is 0. The fourth-order valence-electron chi connectivity index (χ4n) is 2.52. The predicted octanol–water partition coefficient (Wildman–Crippen LogP) is 3.34. The van der Waals surface area contributed by atoms with Crippen LogP contribution in [-0.4, -0.2) is 38.7 Å². The van der Waals surface area contributed by atoms with Crippen molar-refractivity contribution < 1.29 is 28.2 Å². The second kappa shape index (κ2) is 6.43. The van der Waals surface area contributed by atoms with Crippen LogP contribution in [0, 0.1) is 6.92 Å². The average molecular weight is 344 g/mol. The maximum absolute atomic E-state index is 13.4. The van der Waals surface area contributed by atoms with Gasteiger partial charge in [-0.05, 0) is 31.4 Å². The van der Waals surface area contributed by atoms with Gasteiger partial charge in [-0.25, -0.2) is 0 Å². The zero-order valence-corrected chi connectivity index (χ0v) is 13.4. The van der Waals surface area contributed by atoms with Crippen LogP contribution in [0.25, 0.3) is 0 Å². The molecule has 0 aromatic heterocycles. The number of nitrogens with zero attached hydrogens (tertiary/aromatic N) is 2. The molecule has 0 fully saturated rings. The number of phenols is 1. The van der Waals surface area contributed by atoms with E-state index in [0.29, 0.717) is 12.0 Å². The Hall–Kier alpha value is -2.09. The van der Waals surface area contributed by atoms with E-state index in [1.807, 2.05) is 6.92 Å². The van der Waals surface area contributed by atoms with E-state index in [0.717, 1.165) is 6.42 Å². The molecule has 1 atom stereocenters. The number of phenolic OH excluding ortho intramolecular Hbond substituents is 1. The number of para-hydroxylation sites is 1. The lowest BCUT2D eigenvalue weighted by molar-refractivity contribution is -0.297. The first-order chi connectivity index (χ1) is 11.1. The first-order valence-electron chi connectivity index (χ1n) is 7.60. The minimum absolute atomic E-state index is 0.0481. The van der Waals surface area contributed by atoms with Crippen molar-refractivity contribution >= 4 is 11.6 Å². The van der Waals surface area contributed by atoms with Gasteiger partial charge in [0.2, 0.25) is 0 Å². The van der Waals surface area contributed by atoms with E-state index in [9.17, 15) is 28.2 Å². The van der Waals surface area contributed by atoms with Gasteiger partial charge in [-0.15, -0.1) is 0 Å². The van der Waals surface area contributed by atoms with Crippen LogP contribution in [0.3, 0.4) is 0 Å². The number of hydrogen-bond acceptors (Lipinski definition) is 4. The number of aliphatic hydroxyl groups is 1. The van der Waals surface area contributed by atoms with E-state index in [-0.39, 0.29) is 22.7 Å². The summed E-state index contributed by atoms with van der Waals surface area (Å²) in [6.07, 6.45) is -4.24. The molecule has 1 aromatic carbocycles. The molecule has 132 valence electrons. The van der Waals surface area contributed by atoms with Gasteiger partial charge in [-0.3, -0.25) is 4.79 Å². The van der Waals surface area contributed by atoms with Gasteiger partial charge in [0.1, 0.15) is 5.75 Å². The van der Waals surface area contributed by atoms with E-state index < -0.39 is 30.0 Å². The molecule has 0 radical (unpaired) electrons. The van der Waals surface area contributed by atoms with Gasteiger partial charge < -0.3 is 10.2 Å². The number of benzene rings is 1. The molecule has 8 heteroatoms. The van der Waals surface area contributed by atoms with Crippen LogP contribution in [0.2, 0.25) is 0 Å². The second-order valence-corrected chi connectivity index (χ2v) is 5.85. The van der Waals surface area contributed by atoms with Crippen LogP contribution in [0.15, 0.2) is 23.3 Å². The highest BCUT2D eigenvalue weighted by molar-refractivity contribution is 6.00. The molecule has 0 aliphatic carbocycles. The van der Waals surface area contributed by atoms with E-state index in [2.05, 4.69) is 5.10 Å². The first-order valence-corrected chi connectivity index (χ1v) is 7.60. The molecule has 24 heavy (non-hydrogen) atoms. The Kier molecular flexibility index (Phi) is 4.89. The lowest BCUT2D eigenvalue weighted by atomic mass is 10.0. The number of amides is 1. The molecule has 2 N–H and O–H groups in total. The predicted molar refractivity (Wildman–Crippen MR) is 81.6 cm³/mol. The number of aromatic hydroxyl groups is 1. The summed E-state index contributed by atoms with van der Waals surface area (Å²) in [5, 5.41) is 23.8. The van der Waals surface area contributed by atoms with Crippen molar-refractivity contribution in [2.24, 2.45) is 5.10 Å². The molecular weight excluding hydrogens is 325 g/mol. The monoisotopic (exact) mass is 344 g/mol. The topological polar surface area (TPSA) is 73.1 Å². The summed E-state index contributed by atoms with van der Waals surface area (Å²) in [4.78, 5) is 12.5. The van der Waals surface area contributed by atoms with Crippen LogP contribution < -0.4 is 0 Å². The minimum atomic E-state index is -5.07. The molecule has 0 bridgehead atoms. The summed E-state index contributed by atoms with van der Waals surface area (Å²) in [6, 6.07) is 4.15. The smallest absolute Gasteiger partial charge is 0.438 e. The molecule has 1 aliphatic rings. The number of carbonyl (C=O) groups is 1. The highest BCUT2D eigenvalue weighted by atomic mass is 19.4. The fraction of sp³-hybridized carbons (Fsp3) is 0.500. The maximum Gasteiger partial charge on any atom is 0.438 e. The molecule has 1 heterocycles. The maximum atomic E-state index is 13.4. The van der Waals surface area contributed by atoms with Gasteiger partial charge >= 0.3 is 6.18 Å². The second-order valence-electron chi connectivity index (χ2n) is 5.85. The molecule has 0 unspecified atom stereocenters. The first kappa shape index (κ1) is 18.3. The third-order valence-electron chi connectivity index (χ3n) is 3.98. The third-order valence-corrected chi connectivity index (χ3v) is 3.98. The number of unbranched alkanes of at least 4 members (excludes halogenated alkanes) is 1. The Bertz CT molecular complexity index is 673. The van der Waals surface area contributed by atoms with Crippen molar-refractivity contribution in [1.82, 2.24) is 5.01 Å². The molecule has 2 rings (SSSR count). The Morgan fingerprint density at radius 2 is 2.08 bits per heavy atom. The van der Waals surface area contributed by atoms with Crippen molar-refractivity contribution in [1.29, 1.82) is 0 Å². The van der Waals surface area contributed by atoms with Gasteiger partial charge in [0.25, 0.3) is 11.6 Å². The van der Waals surface area contributed by atoms with Crippen LogP contribution in [-0.2, 0) is 0 Å². The Morgan fingerprint density at radius 1 is 1.42 bits per heavy atom. The quantitative estimate of drug-likeness (QED) is 0.880. The van der Waals surface area contributed by atoms with E-state index in [4.69, 9.17) is 0 Å². The summed E-state index contributed by atoms with van der Waals surface area (Å²) in [5.74, 6) is -1.62. The minimum Gasteiger partial charge on any atom is -0.507 e. The normalized spacial score (nSPS) is 21.1. The Labute approximate surface area is 137 Å². The largest absolute Gasteiger partial charge is 0.507 e. The van der Waals surface area contributed by atoms with Crippen molar-refractivity contribution in [3.63, 3.8) is 0 Å². The Balaban J connectivity index is 2.44. The molecule has 0 saturated heterocycles. The number of halogens is 3. The van der Waals surface area contributed by atoms with Gasteiger partial charge in [-0.1, -0.05) is 25.5 Å². The lowest BCUT2D eigenvalue weighted by Crippen LogP contribution is -2.56. The van der Waals surface area contributed by atoms with E-state index in [1.54, 1.807) is 0 Å². The lowest BCUT2D eigenvalue weighted by Gasteiger charge is -2.32. The molecule has 1 aliphatic heterocycles. The molecule has 0 spiro atoms. The number of aryl methyl sites for hydroxylation is 1. The van der Waals surface area contributed by atoms with Crippen molar-refractivity contribution in [2.75, 3.05) is 0 Å². The number of alkyl halides is 3. The van der Waals surface area contributed by atoms with Gasteiger partial charge in [0.05, 0.1) is 5.56 Å². The molecular formula is C16H19F3N2O3. The third kappa shape index (κ3) is 3.10. The summed E-state index contributed by atoms with van der Waals surface area (Å²) < 4.78 is 40.1. The summed E-state index contributed by atoms with van der Waals surface area (Å²) in [6.45, 7) is 3.39. The SMILES string of the molecule is CCCCC1=NN(C(=O)c2cccc(C)c2O)[C@](O)(C(F)(F)F)C1. The van der Waals surface area contributed by atoms with Crippen molar-refractivity contribution in [3.8, 4) is 5.75 Å². The van der Waals surface area contributed by atoms with Crippen LogP contribution >= 0.6 is 0 Å². The van der Waals surface area contributed by atoms with Crippen molar-refractivity contribution in [3.05, 3.63) is 29.3 Å². The zero-order chi connectivity index (χ0) is 18.1. The fourth-order valence-corrected chi connectivity index (χ4v) is 2.52. The van der Waals surface area contributed by atoms with Crippen LogP contribution in [0.1, 0.15) is 48.5 Å². The molecule has 1 amide bonds. The van der Waals surface area contributed by atoms with E-state index in [1.165, 1.54) is 25.1 Å². The van der Waals surface area contributed by atoms with E-state index >= 15 is 0 Å². The number of hydrogen-bond donors (Lipinski definition) is 2. The summed E-state index contributed by atoms with van der Waals surface area (Å²) >= 11 is 0. The molecule has 0 saturated carbocycles. The van der Waals surface area contributed by atoms with Crippen molar-refractivity contribution in [2.45, 2.75) is 51.4 Å².